The summed E-state index contributed by atoms with van der Waals surface area (Å²) >= 11 is 0. The Hall–Kier alpha value is -1.46. The van der Waals surface area contributed by atoms with E-state index in [1.807, 2.05) is 6.92 Å². The lowest BCUT2D eigenvalue weighted by atomic mass is 9.59. The predicted octanol–water partition coefficient (Wildman–Crippen LogP) is 5.43. The quantitative estimate of drug-likeness (QED) is 0.580. The molecule has 1 aromatic rings. The first-order valence-electron chi connectivity index (χ1n) is 11.9. The average Bonchev–Trinajstić information content (AvgIpc) is 2.72. The maximum atomic E-state index is 13.1. The zero-order valence-corrected chi connectivity index (χ0v) is 19.1. The highest BCUT2D eigenvalue weighted by Gasteiger charge is 2.46. The number of carbonyl (C=O) groups is 1. The zero-order valence-electron chi connectivity index (χ0n) is 19.1. The largest absolute Gasteiger partial charge is 0.462 e. The lowest BCUT2D eigenvalue weighted by Gasteiger charge is -2.48. The number of rotatable bonds is 6. The Kier molecular flexibility index (Phi) is 6.50. The maximum Gasteiger partial charge on any atom is 0.340 e. The zero-order chi connectivity index (χ0) is 21.3. The van der Waals surface area contributed by atoms with E-state index in [4.69, 9.17) is 19.2 Å². The SMILES string of the molecule is CCOC(=O)c1c(C2CCOCC2)nc2c(c1C)[C@@H](OC(C)CC)CC1(CCC1)C2. The van der Waals surface area contributed by atoms with Crippen LogP contribution in [0.25, 0.3) is 0 Å². The molecular formula is C25H37NO4. The van der Waals surface area contributed by atoms with Crippen molar-refractivity contribution >= 4 is 5.97 Å². The molecule has 3 aliphatic rings. The van der Waals surface area contributed by atoms with Gasteiger partial charge in [0.2, 0.25) is 0 Å². The van der Waals surface area contributed by atoms with E-state index >= 15 is 0 Å². The van der Waals surface area contributed by atoms with Gasteiger partial charge in [0.05, 0.1) is 30.1 Å². The number of nitrogens with zero attached hydrogens (tertiary/aromatic N) is 1. The van der Waals surface area contributed by atoms with Crippen molar-refractivity contribution in [3.8, 4) is 0 Å². The Morgan fingerprint density at radius 2 is 2.00 bits per heavy atom. The third kappa shape index (κ3) is 4.03. The van der Waals surface area contributed by atoms with Crippen molar-refractivity contribution in [1.29, 1.82) is 0 Å². The molecule has 5 nitrogen and oxygen atoms in total. The van der Waals surface area contributed by atoms with E-state index < -0.39 is 0 Å². The minimum Gasteiger partial charge on any atom is -0.462 e. The third-order valence-corrected chi connectivity index (χ3v) is 7.56. The van der Waals surface area contributed by atoms with Gasteiger partial charge in [-0.25, -0.2) is 4.79 Å². The number of fused-ring (bicyclic) bond motifs is 1. The van der Waals surface area contributed by atoms with Crippen molar-refractivity contribution in [3.63, 3.8) is 0 Å². The molecule has 1 saturated heterocycles. The van der Waals surface area contributed by atoms with Crippen molar-refractivity contribution in [3.05, 3.63) is 28.1 Å². The molecule has 1 aromatic heterocycles. The van der Waals surface area contributed by atoms with Gasteiger partial charge in [0.1, 0.15) is 0 Å². The van der Waals surface area contributed by atoms with Crippen molar-refractivity contribution in [1.82, 2.24) is 4.98 Å². The molecule has 30 heavy (non-hydrogen) atoms. The van der Waals surface area contributed by atoms with Gasteiger partial charge in [-0.3, -0.25) is 4.98 Å². The topological polar surface area (TPSA) is 57.7 Å². The first-order chi connectivity index (χ1) is 14.5. The number of hydrogen-bond donors (Lipinski definition) is 0. The van der Waals surface area contributed by atoms with E-state index in [2.05, 4.69) is 20.8 Å². The molecule has 0 radical (unpaired) electrons. The summed E-state index contributed by atoms with van der Waals surface area (Å²) in [7, 11) is 0. The number of ether oxygens (including phenoxy) is 3. The predicted molar refractivity (Wildman–Crippen MR) is 116 cm³/mol. The molecule has 2 fully saturated rings. The van der Waals surface area contributed by atoms with Crippen LogP contribution in [0.1, 0.15) is 111 Å². The average molecular weight is 416 g/mol. The second-order valence-electron chi connectivity index (χ2n) is 9.54. The standard InChI is InChI=1S/C25H37NO4/c1-5-16(3)30-20-15-25(10-7-11-25)14-19-21(20)17(4)22(24(27)29-6-2)23(26-19)18-8-12-28-13-9-18/h16,18,20H,5-15H2,1-4H3/t16?,20-/m0/s1. The van der Waals surface area contributed by atoms with E-state index in [0.29, 0.717) is 17.6 Å². The number of aromatic nitrogens is 1. The van der Waals surface area contributed by atoms with E-state index in [1.54, 1.807) is 0 Å². The highest BCUT2D eigenvalue weighted by atomic mass is 16.5. The van der Waals surface area contributed by atoms with Crippen molar-refractivity contribution < 1.29 is 19.0 Å². The molecule has 2 heterocycles. The van der Waals surface area contributed by atoms with Crippen LogP contribution in [-0.2, 0) is 20.6 Å². The summed E-state index contributed by atoms with van der Waals surface area (Å²) in [5, 5.41) is 0. The lowest BCUT2D eigenvalue weighted by molar-refractivity contribution is -0.0590. The smallest absolute Gasteiger partial charge is 0.340 e. The Morgan fingerprint density at radius 1 is 1.27 bits per heavy atom. The molecular weight excluding hydrogens is 378 g/mol. The van der Waals surface area contributed by atoms with Gasteiger partial charge in [-0.05, 0) is 76.7 Å². The van der Waals surface area contributed by atoms with Crippen LogP contribution < -0.4 is 0 Å². The van der Waals surface area contributed by atoms with E-state index in [0.717, 1.165) is 62.1 Å². The van der Waals surface area contributed by atoms with Gasteiger partial charge in [0, 0.05) is 30.4 Å². The van der Waals surface area contributed by atoms with Crippen LogP contribution in [0.5, 0.6) is 0 Å². The summed E-state index contributed by atoms with van der Waals surface area (Å²) in [6.07, 6.45) is 8.92. The molecule has 0 bridgehead atoms. The fourth-order valence-corrected chi connectivity index (χ4v) is 5.57. The molecule has 5 heteroatoms. The molecule has 0 aromatic carbocycles. The van der Waals surface area contributed by atoms with Crippen molar-refractivity contribution in [2.45, 2.75) is 97.2 Å². The molecule has 1 saturated carbocycles. The lowest BCUT2D eigenvalue weighted by Crippen LogP contribution is -2.40. The van der Waals surface area contributed by atoms with Gasteiger partial charge < -0.3 is 14.2 Å². The van der Waals surface area contributed by atoms with Gasteiger partial charge in [-0.15, -0.1) is 0 Å². The van der Waals surface area contributed by atoms with Gasteiger partial charge >= 0.3 is 5.97 Å². The first kappa shape index (κ1) is 21.8. The fraction of sp³-hybridized carbons (Fsp3) is 0.760. The Labute approximate surface area is 180 Å². The molecule has 1 aliphatic heterocycles. The number of hydrogen-bond acceptors (Lipinski definition) is 5. The van der Waals surface area contributed by atoms with Crippen LogP contribution in [0.4, 0.5) is 0 Å². The first-order valence-corrected chi connectivity index (χ1v) is 11.9. The summed E-state index contributed by atoms with van der Waals surface area (Å²) in [6.45, 7) is 10.1. The molecule has 2 atom stereocenters. The minimum absolute atomic E-state index is 0.0217. The molecule has 1 unspecified atom stereocenters. The van der Waals surface area contributed by atoms with Gasteiger partial charge in [-0.2, -0.15) is 0 Å². The summed E-state index contributed by atoms with van der Waals surface area (Å²) in [4.78, 5) is 18.3. The molecule has 0 amide bonds. The van der Waals surface area contributed by atoms with Gasteiger partial charge in [-0.1, -0.05) is 13.3 Å². The van der Waals surface area contributed by atoms with Crippen LogP contribution in [0.2, 0.25) is 0 Å². The number of carbonyl (C=O) groups excluding carboxylic acids is 1. The fourth-order valence-electron chi connectivity index (χ4n) is 5.57. The van der Waals surface area contributed by atoms with Crippen LogP contribution in [-0.4, -0.2) is 36.9 Å². The molecule has 0 N–H and O–H groups in total. The highest BCUT2D eigenvalue weighted by molar-refractivity contribution is 5.93. The molecule has 166 valence electrons. The summed E-state index contributed by atoms with van der Waals surface area (Å²) < 4.78 is 17.6. The van der Waals surface area contributed by atoms with Crippen LogP contribution >= 0.6 is 0 Å². The third-order valence-electron chi connectivity index (χ3n) is 7.56. The Morgan fingerprint density at radius 3 is 2.60 bits per heavy atom. The van der Waals surface area contributed by atoms with E-state index in [1.165, 1.54) is 25.0 Å². The minimum atomic E-state index is -0.238. The van der Waals surface area contributed by atoms with Gasteiger partial charge in [0.15, 0.2) is 0 Å². The summed E-state index contributed by atoms with van der Waals surface area (Å²) in [6, 6.07) is 0. The van der Waals surface area contributed by atoms with Crippen LogP contribution in [0.3, 0.4) is 0 Å². The molecule has 1 spiro atoms. The Balaban J connectivity index is 1.82. The summed E-state index contributed by atoms with van der Waals surface area (Å²) in [5.74, 6) is 0.0216. The second kappa shape index (κ2) is 8.96. The van der Waals surface area contributed by atoms with Gasteiger partial charge in [0.25, 0.3) is 0 Å². The van der Waals surface area contributed by atoms with Crippen LogP contribution in [0, 0.1) is 12.3 Å². The van der Waals surface area contributed by atoms with Crippen LogP contribution in [0.15, 0.2) is 0 Å². The normalized spacial score (nSPS) is 24.2. The molecule has 4 rings (SSSR count). The van der Waals surface area contributed by atoms with E-state index in [9.17, 15) is 4.79 Å². The Bertz CT molecular complexity index is 780. The van der Waals surface area contributed by atoms with Crippen molar-refractivity contribution in [2.24, 2.45) is 5.41 Å². The maximum absolute atomic E-state index is 13.1. The van der Waals surface area contributed by atoms with Crippen molar-refractivity contribution in [2.75, 3.05) is 19.8 Å². The molecule has 2 aliphatic carbocycles. The van der Waals surface area contributed by atoms with E-state index in [-0.39, 0.29) is 24.1 Å². The number of pyridine rings is 1. The monoisotopic (exact) mass is 415 g/mol. The highest BCUT2D eigenvalue weighted by Crippen LogP contribution is 2.55. The summed E-state index contributed by atoms with van der Waals surface area (Å²) in [5.41, 5.74) is 5.31. The second-order valence-corrected chi connectivity index (χ2v) is 9.54. The number of esters is 1.